The predicted octanol–water partition coefficient (Wildman–Crippen LogP) is 18.6. The van der Waals surface area contributed by atoms with Gasteiger partial charge in [-0.15, -0.1) is 0 Å². The molecule has 11 rings (SSSR count). The van der Waals surface area contributed by atoms with Gasteiger partial charge in [0.1, 0.15) is 0 Å². The molecule has 0 aliphatic carbocycles. The summed E-state index contributed by atoms with van der Waals surface area (Å²) in [6.07, 6.45) is 0. The fourth-order valence-corrected chi connectivity index (χ4v) is 11.3. The third-order valence-corrected chi connectivity index (χ3v) is 15.7. The van der Waals surface area contributed by atoms with Crippen LogP contribution in [0.25, 0.3) is 110 Å². The minimum atomic E-state index is 0.951. The highest BCUT2D eigenvalue weighted by Crippen LogP contribution is 2.51. The molecule has 0 bridgehead atoms. The molecule has 0 aliphatic heterocycles. The highest BCUT2D eigenvalue weighted by atomic mass is 15.0. The van der Waals surface area contributed by atoms with Crippen molar-refractivity contribution in [1.29, 1.82) is 0 Å². The maximum atomic E-state index is 2.42. The number of fused-ring (bicyclic) bond motifs is 5. The van der Waals surface area contributed by atoms with Crippen LogP contribution in [0.5, 0.6) is 0 Å². The van der Waals surface area contributed by atoms with Crippen molar-refractivity contribution in [3.63, 3.8) is 0 Å². The molecular formula is C66H57N. The first-order valence-electron chi connectivity index (χ1n) is 24.0. The molecule has 0 N–H and O–H groups in total. The second-order valence-corrected chi connectivity index (χ2v) is 18.9. The van der Waals surface area contributed by atoms with E-state index in [4.69, 9.17) is 0 Å². The van der Waals surface area contributed by atoms with Crippen LogP contribution in [-0.4, -0.2) is 4.57 Å². The molecule has 67 heavy (non-hydrogen) atoms. The number of nitrogens with zero attached hydrogens (tertiary/aromatic N) is 1. The first-order valence-corrected chi connectivity index (χ1v) is 24.0. The average molecular weight is 864 g/mol. The molecule has 0 saturated heterocycles. The average Bonchev–Trinajstić information content (AvgIpc) is 3.71. The topological polar surface area (TPSA) is 4.93 Å². The lowest BCUT2D eigenvalue weighted by Gasteiger charge is -2.27. The van der Waals surface area contributed by atoms with Crippen LogP contribution in [0.4, 0.5) is 0 Å². The zero-order chi connectivity index (χ0) is 46.2. The monoisotopic (exact) mass is 863 g/mol. The van der Waals surface area contributed by atoms with E-state index in [0.717, 1.165) is 6.54 Å². The molecule has 11 aromatic rings. The van der Waals surface area contributed by atoms with E-state index in [1.807, 2.05) is 0 Å². The zero-order valence-corrected chi connectivity index (χ0v) is 40.3. The van der Waals surface area contributed by atoms with Crippen LogP contribution in [0.1, 0.15) is 51.4 Å². The Kier molecular flexibility index (Phi) is 10.3. The zero-order valence-electron chi connectivity index (χ0n) is 40.3. The molecule has 1 heteroatoms. The van der Waals surface area contributed by atoms with Gasteiger partial charge >= 0.3 is 0 Å². The van der Waals surface area contributed by atoms with Crippen molar-refractivity contribution in [2.24, 2.45) is 0 Å². The van der Waals surface area contributed by atoms with E-state index >= 15 is 0 Å². The van der Waals surface area contributed by atoms with Crippen LogP contribution < -0.4 is 0 Å². The van der Waals surface area contributed by atoms with Crippen molar-refractivity contribution < 1.29 is 0 Å². The Morgan fingerprint density at radius 3 is 0.955 bits per heavy atom. The fourth-order valence-electron chi connectivity index (χ4n) is 11.3. The number of aryl methyl sites for hydroxylation is 5. The van der Waals surface area contributed by atoms with Crippen LogP contribution in [0.2, 0.25) is 0 Å². The van der Waals surface area contributed by atoms with Gasteiger partial charge in [-0.05, 0) is 213 Å². The maximum Gasteiger partial charge on any atom is 0.0491 e. The van der Waals surface area contributed by atoms with Gasteiger partial charge in [-0.2, -0.15) is 0 Å². The van der Waals surface area contributed by atoms with Crippen LogP contribution in [0.3, 0.4) is 0 Å². The number of rotatable bonds is 7. The first-order chi connectivity index (χ1) is 32.5. The highest BCUT2D eigenvalue weighted by molar-refractivity contribution is 6.25. The van der Waals surface area contributed by atoms with Crippen molar-refractivity contribution in [2.45, 2.75) is 68.9 Å². The van der Waals surface area contributed by atoms with Crippen LogP contribution in [0.15, 0.2) is 170 Å². The van der Waals surface area contributed by atoms with Crippen molar-refractivity contribution >= 4 is 43.4 Å². The molecule has 0 atom stereocenters. The number of hydrogen-bond donors (Lipinski definition) is 0. The standard InChI is InChI=1S/C66H57N/c1-10-67-59-19-15-14-18-57(59)58-38-56(36-37-60(58)67)53-26-24-50(25-27-53)52-30-34-55(35-31-52)66-63-45(8)41(4)39(2)43(6)61(63)65(62-44(7)40(3)42(5)46(9)64(62)66)54-32-28-51(29-33-54)49-22-20-48(21-23-49)47-16-12-11-13-17-47/h11-38H,10H2,1-9H3. The Morgan fingerprint density at radius 2 is 0.567 bits per heavy atom. The van der Waals surface area contributed by atoms with Gasteiger partial charge in [0.2, 0.25) is 0 Å². The lowest BCUT2D eigenvalue weighted by atomic mass is 9.76. The molecule has 0 spiro atoms. The van der Waals surface area contributed by atoms with E-state index < -0.39 is 0 Å². The largest absolute Gasteiger partial charge is 0.341 e. The minimum absolute atomic E-state index is 0.951. The Bertz CT molecular complexity index is 3650. The molecule has 1 aromatic heterocycles. The van der Waals surface area contributed by atoms with Crippen LogP contribution >= 0.6 is 0 Å². The summed E-state index contributed by atoms with van der Waals surface area (Å²) in [6.45, 7) is 21.8. The van der Waals surface area contributed by atoms with Gasteiger partial charge in [-0.25, -0.2) is 0 Å². The summed E-state index contributed by atoms with van der Waals surface area (Å²) in [6, 6.07) is 63.3. The van der Waals surface area contributed by atoms with Gasteiger partial charge < -0.3 is 4.57 Å². The minimum Gasteiger partial charge on any atom is -0.341 e. The summed E-state index contributed by atoms with van der Waals surface area (Å²) in [5, 5.41) is 8.09. The normalized spacial score (nSPS) is 11.7. The number of benzene rings is 10. The van der Waals surface area contributed by atoms with Gasteiger partial charge in [0, 0.05) is 28.4 Å². The van der Waals surface area contributed by atoms with Gasteiger partial charge in [0.25, 0.3) is 0 Å². The Hall–Kier alpha value is -7.48. The molecule has 0 saturated carbocycles. The van der Waals surface area contributed by atoms with Gasteiger partial charge in [-0.3, -0.25) is 0 Å². The quantitative estimate of drug-likeness (QED) is 0.141. The summed E-state index contributed by atoms with van der Waals surface area (Å²) in [5.74, 6) is 0. The lowest BCUT2D eigenvalue weighted by Crippen LogP contribution is -2.03. The number of hydrogen-bond acceptors (Lipinski definition) is 0. The SMILES string of the molecule is CCn1c2ccccc2c2cc(-c3ccc(-c4ccc(-c5c6c(C)c(C)c(C)c(C)c6c(-c6ccc(-c7ccc(-c8ccccc8)cc7)cc6)c6c(C)c(C)c(C)c(C)c56)cc4)cc3)ccc21. The summed E-state index contributed by atoms with van der Waals surface area (Å²) >= 11 is 0. The van der Waals surface area contributed by atoms with Crippen LogP contribution in [0, 0.1) is 55.4 Å². The van der Waals surface area contributed by atoms with Crippen LogP contribution in [-0.2, 0) is 6.54 Å². The van der Waals surface area contributed by atoms with E-state index in [0.29, 0.717) is 0 Å². The van der Waals surface area contributed by atoms with Gasteiger partial charge in [0.05, 0.1) is 0 Å². The van der Waals surface area contributed by atoms with Gasteiger partial charge in [-0.1, -0.05) is 152 Å². The third kappa shape index (κ3) is 6.74. The molecule has 1 heterocycles. The second kappa shape index (κ2) is 16.4. The van der Waals surface area contributed by atoms with Crippen molar-refractivity contribution in [3.8, 4) is 66.8 Å². The maximum absolute atomic E-state index is 2.42. The van der Waals surface area contributed by atoms with Gasteiger partial charge in [0.15, 0.2) is 0 Å². The predicted molar refractivity (Wildman–Crippen MR) is 291 cm³/mol. The Balaban J connectivity index is 1.03. The molecule has 0 radical (unpaired) electrons. The molecule has 0 amide bonds. The Morgan fingerprint density at radius 1 is 0.269 bits per heavy atom. The van der Waals surface area contributed by atoms with Crippen molar-refractivity contribution in [2.75, 3.05) is 0 Å². The molecule has 1 nitrogen and oxygen atoms in total. The van der Waals surface area contributed by atoms with Crippen molar-refractivity contribution in [3.05, 3.63) is 214 Å². The second-order valence-electron chi connectivity index (χ2n) is 18.9. The fraction of sp³-hybridized carbons (Fsp3) is 0.152. The van der Waals surface area contributed by atoms with E-state index in [2.05, 4.69) is 237 Å². The first kappa shape index (κ1) is 42.2. The van der Waals surface area contributed by atoms with E-state index in [1.165, 1.54) is 155 Å². The lowest BCUT2D eigenvalue weighted by molar-refractivity contribution is 0.827. The molecule has 0 aliphatic rings. The number of para-hydroxylation sites is 1. The highest BCUT2D eigenvalue weighted by Gasteiger charge is 2.26. The van der Waals surface area contributed by atoms with E-state index in [9.17, 15) is 0 Å². The smallest absolute Gasteiger partial charge is 0.0491 e. The Labute approximate surface area is 396 Å². The third-order valence-electron chi connectivity index (χ3n) is 15.7. The van der Waals surface area contributed by atoms with Crippen molar-refractivity contribution in [1.82, 2.24) is 4.57 Å². The summed E-state index contributed by atoms with van der Waals surface area (Å²) in [5.41, 5.74) is 28.6. The number of aromatic nitrogens is 1. The summed E-state index contributed by atoms with van der Waals surface area (Å²) in [4.78, 5) is 0. The van der Waals surface area contributed by atoms with E-state index in [1.54, 1.807) is 0 Å². The summed E-state index contributed by atoms with van der Waals surface area (Å²) < 4.78 is 2.42. The van der Waals surface area contributed by atoms with E-state index in [-0.39, 0.29) is 0 Å². The summed E-state index contributed by atoms with van der Waals surface area (Å²) in [7, 11) is 0. The molecule has 0 fully saturated rings. The molecule has 326 valence electrons. The molecule has 10 aromatic carbocycles. The molecular weight excluding hydrogens is 807 g/mol. The molecule has 0 unspecified atom stereocenters.